The van der Waals surface area contributed by atoms with Crippen molar-refractivity contribution in [2.24, 2.45) is 4.99 Å². The zero-order chi connectivity index (χ0) is 18.2. The first kappa shape index (κ1) is 23.3. The van der Waals surface area contributed by atoms with E-state index in [0.717, 1.165) is 31.4 Å². The van der Waals surface area contributed by atoms with Crippen LogP contribution in [0.2, 0.25) is 10.0 Å². The molecule has 1 aliphatic carbocycles. The number of guanidine groups is 1. The van der Waals surface area contributed by atoms with E-state index in [1.807, 2.05) is 26.0 Å². The molecule has 0 radical (unpaired) electrons. The Kier molecular flexibility index (Phi) is 10.6. The smallest absolute Gasteiger partial charge is 0.220 e. The molecule has 1 aromatic carbocycles. The molecule has 1 unspecified atom stereocenters. The molecule has 1 atom stereocenters. The molecular formula is C18H27Cl2IN4O. The van der Waals surface area contributed by atoms with Crippen molar-refractivity contribution in [2.45, 2.75) is 51.6 Å². The van der Waals surface area contributed by atoms with E-state index in [1.54, 1.807) is 6.07 Å². The van der Waals surface area contributed by atoms with Crippen molar-refractivity contribution in [3.8, 4) is 0 Å². The van der Waals surface area contributed by atoms with Crippen molar-refractivity contribution in [1.82, 2.24) is 16.0 Å². The van der Waals surface area contributed by atoms with Gasteiger partial charge in [-0.2, -0.15) is 0 Å². The minimum Gasteiger partial charge on any atom is -0.357 e. The summed E-state index contributed by atoms with van der Waals surface area (Å²) < 4.78 is 0. The van der Waals surface area contributed by atoms with Gasteiger partial charge in [0.1, 0.15) is 0 Å². The summed E-state index contributed by atoms with van der Waals surface area (Å²) in [4.78, 5) is 16.2. The Hall–Kier alpha value is -0.730. The van der Waals surface area contributed by atoms with Gasteiger partial charge >= 0.3 is 0 Å². The molecule has 5 nitrogen and oxygen atoms in total. The van der Waals surface area contributed by atoms with Crippen LogP contribution >= 0.6 is 47.2 Å². The van der Waals surface area contributed by atoms with E-state index in [9.17, 15) is 4.79 Å². The van der Waals surface area contributed by atoms with Gasteiger partial charge < -0.3 is 16.0 Å². The van der Waals surface area contributed by atoms with Crippen LogP contribution in [0.3, 0.4) is 0 Å². The van der Waals surface area contributed by atoms with Gasteiger partial charge in [0, 0.05) is 35.6 Å². The molecule has 0 aromatic heterocycles. The Labute approximate surface area is 182 Å². The lowest BCUT2D eigenvalue weighted by Crippen LogP contribution is -2.39. The van der Waals surface area contributed by atoms with E-state index in [-0.39, 0.29) is 35.9 Å². The van der Waals surface area contributed by atoms with Crippen LogP contribution in [0.15, 0.2) is 23.2 Å². The number of amides is 1. The van der Waals surface area contributed by atoms with Crippen LogP contribution in [-0.2, 0) is 4.79 Å². The quantitative estimate of drug-likeness (QED) is 0.211. The molecule has 1 fully saturated rings. The van der Waals surface area contributed by atoms with Crippen molar-refractivity contribution in [3.63, 3.8) is 0 Å². The highest BCUT2D eigenvalue weighted by Crippen LogP contribution is 2.26. The van der Waals surface area contributed by atoms with Crippen molar-refractivity contribution < 1.29 is 4.79 Å². The number of benzene rings is 1. The number of carbonyl (C=O) groups excluding carboxylic acids is 1. The maximum atomic E-state index is 11.7. The number of halogens is 3. The second-order valence-corrected chi connectivity index (χ2v) is 7.08. The summed E-state index contributed by atoms with van der Waals surface area (Å²) in [5.41, 5.74) is 0.959. The summed E-state index contributed by atoms with van der Waals surface area (Å²) in [5, 5.41) is 10.8. The third-order valence-corrected chi connectivity index (χ3v) is 4.46. The molecule has 2 rings (SSSR count). The van der Waals surface area contributed by atoms with Gasteiger partial charge in [-0.3, -0.25) is 9.79 Å². The maximum Gasteiger partial charge on any atom is 0.220 e. The molecule has 1 aliphatic rings. The molecule has 1 amide bonds. The average molecular weight is 513 g/mol. The maximum absolute atomic E-state index is 11.7. The first-order chi connectivity index (χ1) is 12.0. The number of carbonyl (C=O) groups is 1. The van der Waals surface area contributed by atoms with Crippen molar-refractivity contribution in [1.29, 1.82) is 0 Å². The molecule has 0 bridgehead atoms. The Bertz CT molecular complexity index is 623. The van der Waals surface area contributed by atoms with Crippen molar-refractivity contribution in [3.05, 3.63) is 33.8 Å². The van der Waals surface area contributed by atoms with Crippen LogP contribution in [0.1, 0.15) is 51.1 Å². The van der Waals surface area contributed by atoms with Gasteiger partial charge in [0.25, 0.3) is 0 Å². The van der Waals surface area contributed by atoms with E-state index in [0.29, 0.717) is 35.0 Å². The van der Waals surface area contributed by atoms with Gasteiger partial charge in [0.15, 0.2) is 5.96 Å². The fourth-order valence-electron chi connectivity index (χ4n) is 2.41. The fraction of sp³-hybridized carbons (Fsp3) is 0.556. The van der Waals surface area contributed by atoms with E-state index in [4.69, 9.17) is 23.2 Å². The van der Waals surface area contributed by atoms with E-state index in [2.05, 4.69) is 20.9 Å². The Morgan fingerprint density at radius 3 is 2.69 bits per heavy atom. The second-order valence-electron chi connectivity index (χ2n) is 6.24. The van der Waals surface area contributed by atoms with E-state index in [1.165, 1.54) is 0 Å². The second kappa shape index (κ2) is 11.9. The third-order valence-electron chi connectivity index (χ3n) is 3.90. The number of nitrogens with zero attached hydrogens (tertiary/aromatic N) is 1. The van der Waals surface area contributed by atoms with Gasteiger partial charge in [0.2, 0.25) is 5.91 Å². The van der Waals surface area contributed by atoms with Crippen LogP contribution in [0.25, 0.3) is 0 Å². The monoisotopic (exact) mass is 512 g/mol. The number of hydrogen-bond donors (Lipinski definition) is 3. The molecule has 8 heteroatoms. The molecule has 0 saturated heterocycles. The minimum atomic E-state index is -0.0132. The summed E-state index contributed by atoms with van der Waals surface area (Å²) >= 11 is 12.2. The van der Waals surface area contributed by atoms with Gasteiger partial charge in [-0.25, -0.2) is 0 Å². The standard InChI is InChI=1S/C18H26Cl2N4O.HI/c1-3-21-18(22-10-4-5-17(25)24-14-7-8-14)23-12(2)15-9-6-13(19)11-16(15)20;/h6,9,11-12,14H,3-5,7-8,10H2,1-2H3,(H,24,25)(H2,21,22,23);1H. The first-order valence-electron chi connectivity index (χ1n) is 8.78. The predicted octanol–water partition coefficient (Wildman–Crippen LogP) is 4.29. The molecule has 0 aliphatic heterocycles. The van der Waals surface area contributed by atoms with Gasteiger partial charge in [-0.1, -0.05) is 29.3 Å². The van der Waals surface area contributed by atoms with Crippen LogP contribution in [-0.4, -0.2) is 31.0 Å². The number of nitrogens with one attached hydrogen (secondary N) is 3. The Balaban J connectivity index is 0.00000338. The SMILES string of the molecule is CCNC(=NCCCC(=O)NC1CC1)NC(C)c1ccc(Cl)cc1Cl.I. The lowest BCUT2D eigenvalue weighted by atomic mass is 10.1. The van der Waals surface area contributed by atoms with Gasteiger partial charge in [-0.05, 0) is 50.8 Å². The van der Waals surface area contributed by atoms with Crippen LogP contribution in [0.5, 0.6) is 0 Å². The number of aliphatic imine (C=N–C) groups is 1. The highest BCUT2D eigenvalue weighted by molar-refractivity contribution is 14.0. The predicted molar refractivity (Wildman–Crippen MR) is 120 cm³/mol. The summed E-state index contributed by atoms with van der Waals surface area (Å²) in [6.45, 7) is 5.38. The van der Waals surface area contributed by atoms with Crippen molar-refractivity contribution >= 4 is 59.0 Å². The third kappa shape index (κ3) is 8.31. The van der Waals surface area contributed by atoms with Crippen molar-refractivity contribution in [2.75, 3.05) is 13.1 Å². The number of rotatable bonds is 8. The lowest BCUT2D eigenvalue weighted by molar-refractivity contribution is -0.121. The molecule has 3 N–H and O–H groups in total. The highest BCUT2D eigenvalue weighted by atomic mass is 127. The number of hydrogen-bond acceptors (Lipinski definition) is 2. The average Bonchev–Trinajstić information content (AvgIpc) is 3.35. The lowest BCUT2D eigenvalue weighted by Gasteiger charge is -2.19. The molecule has 0 heterocycles. The zero-order valence-corrected chi connectivity index (χ0v) is 19.0. The summed E-state index contributed by atoms with van der Waals surface area (Å²) in [7, 11) is 0. The summed E-state index contributed by atoms with van der Waals surface area (Å²) in [6.07, 6.45) is 3.47. The molecule has 26 heavy (non-hydrogen) atoms. The molecular weight excluding hydrogens is 486 g/mol. The van der Waals surface area contributed by atoms with E-state index >= 15 is 0 Å². The minimum absolute atomic E-state index is 0. The topological polar surface area (TPSA) is 65.5 Å². The van der Waals surface area contributed by atoms with Crippen LogP contribution < -0.4 is 16.0 Å². The molecule has 1 saturated carbocycles. The van der Waals surface area contributed by atoms with E-state index < -0.39 is 0 Å². The highest BCUT2D eigenvalue weighted by Gasteiger charge is 2.22. The summed E-state index contributed by atoms with van der Waals surface area (Å²) in [5.74, 6) is 0.834. The normalized spacial score (nSPS) is 15.0. The summed E-state index contributed by atoms with van der Waals surface area (Å²) in [6, 6.07) is 5.87. The largest absolute Gasteiger partial charge is 0.357 e. The molecule has 0 spiro atoms. The molecule has 146 valence electrons. The Morgan fingerprint density at radius 2 is 2.08 bits per heavy atom. The van der Waals surface area contributed by atoms with Gasteiger partial charge in [-0.15, -0.1) is 24.0 Å². The molecule has 1 aromatic rings. The van der Waals surface area contributed by atoms with Crippen LogP contribution in [0, 0.1) is 0 Å². The first-order valence-corrected chi connectivity index (χ1v) is 9.54. The van der Waals surface area contributed by atoms with Gasteiger partial charge in [0.05, 0.1) is 6.04 Å². The zero-order valence-electron chi connectivity index (χ0n) is 15.1. The Morgan fingerprint density at radius 1 is 1.35 bits per heavy atom. The fourth-order valence-corrected chi connectivity index (χ4v) is 2.99. The van der Waals surface area contributed by atoms with Crippen LogP contribution in [0.4, 0.5) is 0 Å².